The van der Waals surface area contributed by atoms with Gasteiger partial charge in [0.2, 0.25) is 5.91 Å². The Labute approximate surface area is 209 Å². The van der Waals surface area contributed by atoms with Crippen LogP contribution in [0.15, 0.2) is 41.1 Å². The topological polar surface area (TPSA) is 97.8 Å². The van der Waals surface area contributed by atoms with Gasteiger partial charge in [0.05, 0.1) is 19.7 Å². The molecular weight excluding hydrogens is 442 g/mol. The summed E-state index contributed by atoms with van der Waals surface area (Å²) in [5.41, 5.74) is 4.03. The van der Waals surface area contributed by atoms with Gasteiger partial charge in [-0.1, -0.05) is 11.6 Å². The third-order valence-electron chi connectivity index (χ3n) is 6.60. The number of benzene rings is 1. The van der Waals surface area contributed by atoms with Gasteiger partial charge in [0.1, 0.15) is 5.75 Å². The Bertz CT molecular complexity index is 1010. The van der Waals surface area contributed by atoms with Gasteiger partial charge in [0.15, 0.2) is 0 Å². The highest BCUT2D eigenvalue weighted by atomic mass is 16.5. The van der Waals surface area contributed by atoms with E-state index in [0.29, 0.717) is 17.9 Å². The lowest BCUT2D eigenvalue weighted by Gasteiger charge is -2.28. The van der Waals surface area contributed by atoms with Crippen LogP contribution < -0.4 is 15.4 Å². The van der Waals surface area contributed by atoms with E-state index < -0.39 is 5.41 Å². The van der Waals surface area contributed by atoms with Crippen molar-refractivity contribution in [3.8, 4) is 5.75 Å². The van der Waals surface area contributed by atoms with E-state index in [1.807, 2.05) is 59.1 Å². The quantitative estimate of drug-likeness (QED) is 0.421. The highest BCUT2D eigenvalue weighted by Gasteiger charge is 2.27. The summed E-state index contributed by atoms with van der Waals surface area (Å²) >= 11 is 0. The van der Waals surface area contributed by atoms with E-state index in [9.17, 15) is 9.59 Å². The Balaban J connectivity index is 2.27. The van der Waals surface area contributed by atoms with Crippen molar-refractivity contribution in [2.45, 2.75) is 45.1 Å². The number of methoxy groups -OCH3 is 1. The Kier molecular flexibility index (Phi) is 9.65. The summed E-state index contributed by atoms with van der Waals surface area (Å²) in [4.78, 5) is 28.7. The average molecular weight is 484 g/mol. The highest BCUT2D eigenvalue weighted by molar-refractivity contribution is 5.97. The minimum Gasteiger partial charge on any atom is -0.497 e. The number of rotatable bonds is 11. The normalized spacial score (nSPS) is 16.1. The number of likely N-dealkylation sites (N-methyl/N-ethyl adjacent to an activating group) is 1. The second-order valence-electron chi connectivity index (χ2n) is 9.87. The molecule has 0 bridgehead atoms. The molecule has 8 nitrogen and oxygen atoms in total. The largest absolute Gasteiger partial charge is 0.497 e. The van der Waals surface area contributed by atoms with Crippen LogP contribution in [-0.2, 0) is 15.0 Å². The molecular formula is C27H41N5O3. The van der Waals surface area contributed by atoms with Crippen molar-refractivity contribution >= 4 is 18.0 Å². The molecule has 2 amide bonds. The predicted molar refractivity (Wildman–Crippen MR) is 141 cm³/mol. The van der Waals surface area contributed by atoms with Gasteiger partial charge in [-0.05, 0) is 62.9 Å². The fourth-order valence-electron chi connectivity index (χ4n) is 3.93. The second kappa shape index (κ2) is 12.0. The summed E-state index contributed by atoms with van der Waals surface area (Å²) in [6, 6.07) is 5.54. The summed E-state index contributed by atoms with van der Waals surface area (Å²) in [6.07, 6.45) is 5.16. The van der Waals surface area contributed by atoms with E-state index in [4.69, 9.17) is 10.1 Å². The number of allylic oxidation sites excluding steroid dienone is 2. The van der Waals surface area contributed by atoms with E-state index in [0.717, 1.165) is 35.2 Å². The molecule has 1 aromatic rings. The minimum atomic E-state index is -0.661. The molecule has 0 saturated carbocycles. The molecule has 192 valence electrons. The third kappa shape index (κ3) is 7.18. The summed E-state index contributed by atoms with van der Waals surface area (Å²) in [5.74, 6) is 0.523. The smallest absolute Gasteiger partial charge is 0.251 e. The summed E-state index contributed by atoms with van der Waals surface area (Å²) in [7, 11) is 9.02. The standard InChI is InChI=1S/C27H41N5O3/c1-18-9-10-22(31(4)5)14-24(18)26(34)30-19(2)20-11-21(13-23(12-20)35-8)27(3,16-28)17-29-15-25(33)32(6)7/h11-14,16,19,28-29H,9-10,15,17H2,1-8H3,(H,30,34)/t19-,27?/m1/s1. The molecule has 0 heterocycles. The SMILES string of the molecule is COc1cc([C@@H](C)NC(=O)C2=C(C)CCC(N(C)C)=C2)cc(C(C)(C=N)CNCC(=O)N(C)C)c1. The fourth-order valence-corrected chi connectivity index (χ4v) is 3.93. The van der Waals surface area contributed by atoms with Crippen LogP contribution >= 0.6 is 0 Å². The first-order valence-corrected chi connectivity index (χ1v) is 11.9. The summed E-state index contributed by atoms with van der Waals surface area (Å²) < 4.78 is 5.54. The first-order valence-electron chi connectivity index (χ1n) is 11.9. The van der Waals surface area contributed by atoms with Crippen LogP contribution in [0.3, 0.4) is 0 Å². The number of amides is 2. The summed E-state index contributed by atoms with van der Waals surface area (Å²) in [6.45, 7) is 6.50. The van der Waals surface area contributed by atoms with Crippen LogP contribution in [0.1, 0.15) is 50.8 Å². The Morgan fingerprint density at radius 2 is 1.89 bits per heavy atom. The van der Waals surface area contributed by atoms with Crippen molar-refractivity contribution in [1.82, 2.24) is 20.4 Å². The first-order chi connectivity index (χ1) is 16.4. The van der Waals surface area contributed by atoms with Crippen molar-refractivity contribution in [1.29, 1.82) is 5.41 Å². The van der Waals surface area contributed by atoms with E-state index in [2.05, 4.69) is 15.5 Å². The van der Waals surface area contributed by atoms with Crippen LogP contribution in [-0.4, -0.2) is 76.2 Å². The number of carbonyl (C=O) groups excluding carboxylic acids is 2. The maximum Gasteiger partial charge on any atom is 0.251 e. The number of ether oxygens (including phenoxy) is 1. The van der Waals surface area contributed by atoms with E-state index in [1.54, 1.807) is 21.2 Å². The number of nitrogens with zero attached hydrogens (tertiary/aromatic N) is 2. The molecule has 3 N–H and O–H groups in total. The van der Waals surface area contributed by atoms with Crippen LogP contribution in [0, 0.1) is 5.41 Å². The molecule has 1 aromatic carbocycles. The molecule has 2 rings (SSSR count). The van der Waals surface area contributed by atoms with Gasteiger partial charge in [-0.25, -0.2) is 0 Å². The Morgan fingerprint density at radius 3 is 2.46 bits per heavy atom. The molecule has 0 fully saturated rings. The molecule has 0 aromatic heterocycles. The van der Waals surface area contributed by atoms with Crippen LogP contribution in [0.5, 0.6) is 5.75 Å². The van der Waals surface area contributed by atoms with Gasteiger partial charge in [-0.15, -0.1) is 0 Å². The van der Waals surface area contributed by atoms with Gasteiger partial charge < -0.3 is 30.6 Å². The van der Waals surface area contributed by atoms with E-state index >= 15 is 0 Å². The zero-order valence-electron chi connectivity index (χ0n) is 22.4. The third-order valence-corrected chi connectivity index (χ3v) is 6.60. The molecule has 1 aliphatic rings. The van der Waals surface area contributed by atoms with Crippen LogP contribution in [0.4, 0.5) is 0 Å². The van der Waals surface area contributed by atoms with Gasteiger partial charge in [-0.3, -0.25) is 9.59 Å². The van der Waals surface area contributed by atoms with E-state index in [-0.39, 0.29) is 24.4 Å². The molecule has 1 aliphatic carbocycles. The number of carbonyl (C=O) groups is 2. The molecule has 0 spiro atoms. The van der Waals surface area contributed by atoms with Crippen LogP contribution in [0.25, 0.3) is 0 Å². The Morgan fingerprint density at radius 1 is 1.20 bits per heavy atom. The number of hydrogen-bond acceptors (Lipinski definition) is 6. The van der Waals surface area contributed by atoms with Crippen LogP contribution in [0.2, 0.25) is 0 Å². The molecule has 8 heteroatoms. The van der Waals surface area contributed by atoms with Gasteiger partial charge in [0.25, 0.3) is 5.91 Å². The molecule has 0 saturated heterocycles. The van der Waals surface area contributed by atoms with Crippen molar-refractivity contribution in [3.63, 3.8) is 0 Å². The molecule has 35 heavy (non-hydrogen) atoms. The van der Waals surface area contributed by atoms with Gasteiger partial charge in [0, 0.05) is 57.6 Å². The maximum absolute atomic E-state index is 13.2. The second-order valence-corrected chi connectivity index (χ2v) is 9.87. The zero-order valence-corrected chi connectivity index (χ0v) is 22.4. The van der Waals surface area contributed by atoms with Crippen molar-refractivity contribution in [3.05, 3.63) is 52.2 Å². The maximum atomic E-state index is 13.2. The molecule has 0 radical (unpaired) electrons. The molecule has 1 unspecified atom stereocenters. The minimum absolute atomic E-state index is 0.0289. The lowest BCUT2D eigenvalue weighted by molar-refractivity contribution is -0.127. The molecule has 0 aliphatic heterocycles. The van der Waals surface area contributed by atoms with Gasteiger partial charge >= 0.3 is 0 Å². The molecule has 2 atom stereocenters. The number of nitrogens with one attached hydrogen (secondary N) is 3. The Hall–Kier alpha value is -3.13. The van der Waals surface area contributed by atoms with E-state index in [1.165, 1.54) is 11.1 Å². The zero-order chi connectivity index (χ0) is 26.3. The van der Waals surface area contributed by atoms with Gasteiger partial charge in [-0.2, -0.15) is 0 Å². The van der Waals surface area contributed by atoms with Crippen molar-refractivity contribution in [2.24, 2.45) is 0 Å². The summed E-state index contributed by atoms with van der Waals surface area (Å²) in [5, 5.41) is 14.4. The highest BCUT2D eigenvalue weighted by Crippen LogP contribution is 2.30. The van der Waals surface area contributed by atoms with Crippen molar-refractivity contribution < 1.29 is 14.3 Å². The lowest BCUT2D eigenvalue weighted by atomic mass is 9.82. The first kappa shape index (κ1) is 28.1. The van der Waals surface area contributed by atoms with Crippen molar-refractivity contribution in [2.75, 3.05) is 48.4 Å². The monoisotopic (exact) mass is 483 g/mol. The predicted octanol–water partition coefficient (Wildman–Crippen LogP) is 3.01. The average Bonchev–Trinajstić information content (AvgIpc) is 2.83. The number of hydrogen-bond donors (Lipinski definition) is 3. The fraction of sp³-hybridized carbons (Fsp3) is 0.519. The lowest BCUT2D eigenvalue weighted by Crippen LogP contribution is -2.41.